The van der Waals surface area contributed by atoms with Gasteiger partial charge in [0.15, 0.2) is 0 Å². The number of hydrogen-bond acceptors (Lipinski definition) is 7. The molecular weight excluding hydrogens is 400 g/mol. The van der Waals surface area contributed by atoms with Gasteiger partial charge in [-0.25, -0.2) is 13.1 Å². The third-order valence-electron chi connectivity index (χ3n) is 3.82. The van der Waals surface area contributed by atoms with E-state index >= 15 is 0 Å². The number of nitrogens with zero attached hydrogens (tertiary/aromatic N) is 2. The molecule has 0 saturated carbocycles. The van der Waals surface area contributed by atoms with E-state index in [1.54, 1.807) is 36.4 Å². The minimum Gasteiger partial charge on any atom is -0.496 e. The van der Waals surface area contributed by atoms with Crippen molar-refractivity contribution in [2.24, 2.45) is 0 Å². The first kappa shape index (κ1) is 19.9. The van der Waals surface area contributed by atoms with E-state index in [2.05, 4.69) is 20.2 Å². The fourth-order valence-corrected chi connectivity index (χ4v) is 4.27. The first-order valence-electron chi connectivity index (χ1n) is 8.22. The van der Waals surface area contributed by atoms with Gasteiger partial charge in [0.25, 0.3) is 15.9 Å². The third-order valence-corrected chi connectivity index (χ3v) is 6.42. The highest BCUT2D eigenvalue weighted by atomic mass is 32.2. The Morgan fingerprint density at radius 1 is 1.11 bits per heavy atom. The van der Waals surface area contributed by atoms with Crippen LogP contribution in [0.25, 0.3) is 0 Å². The first-order valence-corrected chi connectivity index (χ1v) is 10.5. The number of aryl methyl sites for hydroxylation is 1. The summed E-state index contributed by atoms with van der Waals surface area (Å²) in [6.45, 7) is 1.96. The van der Waals surface area contributed by atoms with Gasteiger partial charge in [0.1, 0.15) is 5.75 Å². The Hall–Kier alpha value is -2.82. The lowest BCUT2D eigenvalue weighted by Crippen LogP contribution is -2.23. The molecular formula is C18H18N4O4S2. The Balaban J connectivity index is 1.68. The second kappa shape index (κ2) is 8.46. The van der Waals surface area contributed by atoms with Gasteiger partial charge in [0.05, 0.1) is 7.11 Å². The van der Waals surface area contributed by atoms with Gasteiger partial charge in [-0.15, -0.1) is 10.2 Å². The van der Waals surface area contributed by atoms with Crippen LogP contribution in [0.5, 0.6) is 5.75 Å². The molecule has 0 aliphatic heterocycles. The zero-order valence-electron chi connectivity index (χ0n) is 15.2. The standard InChI is InChI=1S/C18H18N4O4S2/c1-12-7-9-13(10-8-12)16(23)20-17-21-22-18(27-17)28(24,25)19-11-14-5-3-4-6-15(14)26-2/h3-10,19H,11H2,1-2H3,(H,20,21,23). The minimum atomic E-state index is -3.88. The van der Waals surface area contributed by atoms with Crippen molar-refractivity contribution in [3.8, 4) is 5.75 Å². The Labute approximate surface area is 166 Å². The predicted molar refractivity (Wildman–Crippen MR) is 106 cm³/mol. The molecule has 28 heavy (non-hydrogen) atoms. The van der Waals surface area contributed by atoms with E-state index in [0.717, 1.165) is 16.9 Å². The molecule has 0 aliphatic carbocycles. The SMILES string of the molecule is COc1ccccc1CNS(=O)(=O)c1nnc(NC(=O)c2ccc(C)cc2)s1. The summed E-state index contributed by atoms with van der Waals surface area (Å²) in [4.78, 5) is 12.2. The van der Waals surface area contributed by atoms with Gasteiger partial charge in [-0.3, -0.25) is 10.1 Å². The number of amides is 1. The summed E-state index contributed by atoms with van der Waals surface area (Å²) in [5.41, 5.74) is 2.16. The van der Waals surface area contributed by atoms with Gasteiger partial charge < -0.3 is 4.74 Å². The minimum absolute atomic E-state index is 0.0387. The monoisotopic (exact) mass is 418 g/mol. The maximum Gasteiger partial charge on any atom is 0.270 e. The third kappa shape index (κ3) is 4.71. The summed E-state index contributed by atoms with van der Waals surface area (Å²) in [6.07, 6.45) is 0. The number of nitrogens with one attached hydrogen (secondary N) is 2. The van der Waals surface area contributed by atoms with Gasteiger partial charge in [0, 0.05) is 17.7 Å². The summed E-state index contributed by atoms with van der Waals surface area (Å²) in [5.74, 6) is 0.190. The van der Waals surface area contributed by atoms with Crippen LogP contribution in [0.1, 0.15) is 21.5 Å². The molecule has 2 aromatic carbocycles. The normalized spacial score (nSPS) is 11.2. The fraction of sp³-hybridized carbons (Fsp3) is 0.167. The number of aromatic nitrogens is 2. The van der Waals surface area contributed by atoms with E-state index in [0.29, 0.717) is 16.9 Å². The zero-order chi connectivity index (χ0) is 20.1. The molecule has 2 N–H and O–H groups in total. The molecule has 1 amide bonds. The van der Waals surface area contributed by atoms with Crippen LogP contribution in [0.2, 0.25) is 0 Å². The molecule has 146 valence electrons. The largest absolute Gasteiger partial charge is 0.496 e. The number of para-hydroxylation sites is 1. The summed E-state index contributed by atoms with van der Waals surface area (Å²) in [7, 11) is -2.37. The van der Waals surface area contributed by atoms with Crippen LogP contribution in [0.4, 0.5) is 5.13 Å². The molecule has 3 rings (SSSR count). The molecule has 0 spiro atoms. The number of anilines is 1. The second-order valence-corrected chi connectivity index (χ2v) is 8.75. The zero-order valence-corrected chi connectivity index (χ0v) is 16.8. The quantitative estimate of drug-likeness (QED) is 0.571. The van der Waals surface area contributed by atoms with E-state index in [9.17, 15) is 13.2 Å². The highest BCUT2D eigenvalue weighted by Gasteiger charge is 2.21. The van der Waals surface area contributed by atoms with Crippen molar-refractivity contribution in [2.45, 2.75) is 17.8 Å². The molecule has 0 unspecified atom stereocenters. The Bertz CT molecular complexity index is 1080. The fourth-order valence-electron chi connectivity index (χ4n) is 2.33. The predicted octanol–water partition coefficient (Wildman–Crippen LogP) is 2.59. The lowest BCUT2D eigenvalue weighted by Gasteiger charge is -2.08. The number of carbonyl (C=O) groups is 1. The van der Waals surface area contributed by atoms with E-state index in [1.807, 2.05) is 19.1 Å². The molecule has 0 aliphatic rings. The number of hydrogen-bond donors (Lipinski definition) is 2. The van der Waals surface area contributed by atoms with E-state index in [-0.39, 0.29) is 21.9 Å². The molecule has 8 nitrogen and oxygen atoms in total. The number of benzene rings is 2. The topological polar surface area (TPSA) is 110 Å². The van der Waals surface area contributed by atoms with Gasteiger partial charge in [-0.1, -0.05) is 47.2 Å². The molecule has 1 aromatic heterocycles. The maximum atomic E-state index is 12.5. The smallest absolute Gasteiger partial charge is 0.270 e. The number of ether oxygens (including phenoxy) is 1. The van der Waals surface area contributed by atoms with Gasteiger partial charge in [-0.2, -0.15) is 0 Å². The van der Waals surface area contributed by atoms with Gasteiger partial charge >= 0.3 is 0 Å². The lowest BCUT2D eigenvalue weighted by molar-refractivity contribution is 0.102. The van der Waals surface area contributed by atoms with Crippen LogP contribution < -0.4 is 14.8 Å². The van der Waals surface area contributed by atoms with Crippen molar-refractivity contribution in [3.63, 3.8) is 0 Å². The van der Waals surface area contributed by atoms with Crippen LogP contribution in [0, 0.1) is 6.92 Å². The first-order chi connectivity index (χ1) is 13.4. The van der Waals surface area contributed by atoms with E-state index < -0.39 is 10.0 Å². The van der Waals surface area contributed by atoms with Crippen molar-refractivity contribution >= 4 is 32.4 Å². The summed E-state index contributed by atoms with van der Waals surface area (Å²) in [5, 5.41) is 10.1. The van der Waals surface area contributed by atoms with Crippen molar-refractivity contribution in [1.82, 2.24) is 14.9 Å². The average Bonchev–Trinajstić information content (AvgIpc) is 3.16. The maximum absolute atomic E-state index is 12.5. The Kier molecular flexibility index (Phi) is 6.02. The van der Waals surface area contributed by atoms with Crippen molar-refractivity contribution in [2.75, 3.05) is 12.4 Å². The Morgan fingerprint density at radius 3 is 2.54 bits per heavy atom. The van der Waals surface area contributed by atoms with Crippen LogP contribution in [0.3, 0.4) is 0 Å². The molecule has 1 heterocycles. The highest BCUT2D eigenvalue weighted by Crippen LogP contribution is 2.22. The van der Waals surface area contributed by atoms with E-state index in [4.69, 9.17) is 4.74 Å². The lowest BCUT2D eigenvalue weighted by atomic mass is 10.1. The number of carbonyl (C=O) groups excluding carboxylic acids is 1. The summed E-state index contributed by atoms with van der Waals surface area (Å²) >= 11 is 0.775. The summed E-state index contributed by atoms with van der Waals surface area (Å²) < 4.78 is 32.3. The molecule has 0 fully saturated rings. The Morgan fingerprint density at radius 2 is 1.82 bits per heavy atom. The highest BCUT2D eigenvalue weighted by molar-refractivity contribution is 7.91. The molecule has 0 atom stereocenters. The number of sulfonamides is 1. The molecule has 0 bridgehead atoms. The van der Waals surface area contributed by atoms with Crippen LogP contribution in [0.15, 0.2) is 52.9 Å². The summed E-state index contributed by atoms with van der Waals surface area (Å²) in [6, 6.07) is 14.1. The second-order valence-electron chi connectivity index (χ2n) is 5.83. The molecule has 10 heteroatoms. The molecule has 3 aromatic rings. The van der Waals surface area contributed by atoms with Crippen LogP contribution >= 0.6 is 11.3 Å². The van der Waals surface area contributed by atoms with Crippen LogP contribution in [-0.2, 0) is 16.6 Å². The van der Waals surface area contributed by atoms with Gasteiger partial charge in [0.2, 0.25) is 9.47 Å². The molecule has 0 radical (unpaired) electrons. The van der Waals surface area contributed by atoms with E-state index in [1.165, 1.54) is 7.11 Å². The van der Waals surface area contributed by atoms with Crippen LogP contribution in [-0.4, -0.2) is 31.6 Å². The van der Waals surface area contributed by atoms with Crippen molar-refractivity contribution in [1.29, 1.82) is 0 Å². The van der Waals surface area contributed by atoms with Crippen molar-refractivity contribution < 1.29 is 17.9 Å². The van der Waals surface area contributed by atoms with Gasteiger partial charge in [-0.05, 0) is 25.1 Å². The number of rotatable bonds is 7. The van der Waals surface area contributed by atoms with Crippen molar-refractivity contribution in [3.05, 3.63) is 65.2 Å². The number of methoxy groups -OCH3 is 1. The molecule has 0 saturated heterocycles. The average molecular weight is 419 g/mol.